The molecule has 0 atom stereocenters. The second kappa shape index (κ2) is 9.98. The van der Waals surface area contributed by atoms with Gasteiger partial charge in [0.25, 0.3) is 0 Å². The molecule has 1 heterocycles. The van der Waals surface area contributed by atoms with Crippen LogP contribution in [-0.4, -0.2) is 29.3 Å². The molecule has 0 fully saturated rings. The Morgan fingerprint density at radius 2 is 1.64 bits per heavy atom. The molecule has 0 saturated carbocycles. The molecule has 1 aromatic heterocycles. The number of nitrogens with one attached hydrogen (secondary N) is 2. The molecule has 0 aliphatic heterocycles. The number of benzene rings is 3. The van der Waals surface area contributed by atoms with Crippen molar-refractivity contribution >= 4 is 34.1 Å². The summed E-state index contributed by atoms with van der Waals surface area (Å²) in [5, 5.41) is 6.65. The normalized spacial score (nSPS) is 11.2. The molecular weight excluding hydrogens is 475 g/mol. The quantitative estimate of drug-likeness (QED) is 0.298. The van der Waals surface area contributed by atoms with E-state index in [1.54, 1.807) is 37.3 Å². The van der Waals surface area contributed by atoms with Gasteiger partial charge in [-0.1, -0.05) is 30.3 Å². The van der Waals surface area contributed by atoms with Crippen LogP contribution in [0.3, 0.4) is 0 Å². The second-order valence-corrected chi connectivity index (χ2v) is 7.87. The average Bonchev–Trinajstić information content (AvgIpc) is 2.79. The topological polar surface area (TPSA) is 111 Å². The van der Waals surface area contributed by atoms with Crippen molar-refractivity contribution in [2.24, 2.45) is 0 Å². The molecule has 0 saturated heterocycles. The van der Waals surface area contributed by atoms with Gasteiger partial charge in [0, 0.05) is 22.5 Å². The summed E-state index contributed by atoms with van der Waals surface area (Å²) >= 11 is 0. The van der Waals surface area contributed by atoms with Gasteiger partial charge in [0.15, 0.2) is 0 Å². The molecule has 3 aromatic carbocycles. The van der Waals surface area contributed by atoms with Crippen molar-refractivity contribution in [2.45, 2.75) is 19.5 Å². The van der Waals surface area contributed by atoms with E-state index in [4.69, 9.17) is 15.2 Å². The third kappa shape index (κ3) is 5.93. The molecule has 4 aromatic rings. The Morgan fingerprint density at radius 1 is 0.944 bits per heavy atom. The van der Waals surface area contributed by atoms with E-state index in [2.05, 4.69) is 20.6 Å². The van der Waals surface area contributed by atoms with Crippen molar-refractivity contribution in [3.05, 3.63) is 71.9 Å². The first-order valence-corrected chi connectivity index (χ1v) is 10.7. The van der Waals surface area contributed by atoms with E-state index in [0.717, 1.165) is 0 Å². The third-order valence-electron chi connectivity index (χ3n) is 5.11. The minimum Gasteiger partial charge on any atom is -0.495 e. The predicted molar refractivity (Wildman–Crippen MR) is 131 cm³/mol. The van der Waals surface area contributed by atoms with E-state index >= 15 is 0 Å². The number of ether oxygens (including phenoxy) is 2. The molecule has 11 heteroatoms. The molecule has 0 radical (unpaired) electrons. The summed E-state index contributed by atoms with van der Waals surface area (Å²) in [5.74, 6) is 1.06. The number of amides is 2. The first-order valence-electron chi connectivity index (χ1n) is 10.7. The van der Waals surface area contributed by atoms with Crippen molar-refractivity contribution in [2.75, 3.05) is 23.5 Å². The molecular formula is C25H22F3N5O3. The Balaban J connectivity index is 1.58. The molecule has 36 heavy (non-hydrogen) atoms. The average molecular weight is 497 g/mol. The van der Waals surface area contributed by atoms with Gasteiger partial charge < -0.3 is 25.8 Å². The maximum Gasteiger partial charge on any atom is 0.393 e. The zero-order valence-electron chi connectivity index (χ0n) is 19.3. The Bertz CT molecular complexity index is 1410. The zero-order valence-corrected chi connectivity index (χ0v) is 19.3. The number of nitrogens with zero attached hydrogens (tertiary/aromatic N) is 2. The number of aryl methyl sites for hydroxylation is 1. The Labute approximate surface area is 204 Å². The molecule has 4 rings (SSSR count). The standard InChI is InChI=1S/C25H22F3N5O3/c1-14-11-22(33-23(29)30-14)36-20-10-8-18(16-5-3-4-6-17(16)20)31-24(34)32-19-12-15(13-25(26,27)28)7-9-21(19)35-2/h3-12H,13H2,1-2H3,(H2,29,30,33)(H2,31,32,34). The van der Waals surface area contributed by atoms with Gasteiger partial charge in [0.1, 0.15) is 11.5 Å². The van der Waals surface area contributed by atoms with Crippen molar-refractivity contribution < 1.29 is 27.4 Å². The van der Waals surface area contributed by atoms with Gasteiger partial charge in [-0.2, -0.15) is 18.2 Å². The number of methoxy groups -OCH3 is 1. The second-order valence-electron chi connectivity index (χ2n) is 7.87. The minimum atomic E-state index is -4.38. The Hall–Kier alpha value is -4.54. The number of carbonyl (C=O) groups excluding carboxylic acids is 1. The molecule has 0 spiro atoms. The summed E-state index contributed by atoms with van der Waals surface area (Å²) in [7, 11) is 1.36. The highest BCUT2D eigenvalue weighted by Gasteiger charge is 2.28. The van der Waals surface area contributed by atoms with Gasteiger partial charge >= 0.3 is 12.2 Å². The minimum absolute atomic E-state index is 0.00820. The predicted octanol–water partition coefficient (Wildman–Crippen LogP) is 6.07. The third-order valence-corrected chi connectivity index (χ3v) is 5.11. The summed E-state index contributed by atoms with van der Waals surface area (Å²) in [6, 6.07) is 15.4. The van der Waals surface area contributed by atoms with E-state index in [9.17, 15) is 18.0 Å². The van der Waals surface area contributed by atoms with E-state index < -0.39 is 18.6 Å². The molecule has 186 valence electrons. The fourth-order valence-corrected chi connectivity index (χ4v) is 3.67. The number of hydrogen-bond acceptors (Lipinski definition) is 6. The zero-order chi connectivity index (χ0) is 25.9. The number of aromatic nitrogens is 2. The van der Waals surface area contributed by atoms with Crippen LogP contribution in [0.5, 0.6) is 17.4 Å². The van der Waals surface area contributed by atoms with Crippen LogP contribution >= 0.6 is 0 Å². The fourth-order valence-electron chi connectivity index (χ4n) is 3.67. The molecule has 0 unspecified atom stereocenters. The van der Waals surface area contributed by atoms with Crippen molar-refractivity contribution in [1.82, 2.24) is 9.97 Å². The van der Waals surface area contributed by atoms with Crippen molar-refractivity contribution in [1.29, 1.82) is 0 Å². The van der Waals surface area contributed by atoms with Crippen LogP contribution in [0.1, 0.15) is 11.3 Å². The summed E-state index contributed by atoms with van der Waals surface area (Å²) in [6.07, 6.45) is -5.51. The van der Waals surface area contributed by atoms with Gasteiger partial charge in [-0.05, 0) is 36.8 Å². The van der Waals surface area contributed by atoms with Crippen molar-refractivity contribution in [3.8, 4) is 17.4 Å². The van der Waals surface area contributed by atoms with E-state index in [1.165, 1.54) is 25.3 Å². The summed E-state index contributed by atoms with van der Waals surface area (Å²) in [4.78, 5) is 20.9. The number of nitrogens with two attached hydrogens (primary N) is 1. The number of hydrogen-bond donors (Lipinski definition) is 3. The number of carbonyl (C=O) groups is 1. The highest BCUT2D eigenvalue weighted by Crippen LogP contribution is 2.35. The van der Waals surface area contributed by atoms with Gasteiger partial charge in [-0.15, -0.1) is 0 Å². The van der Waals surface area contributed by atoms with E-state index in [0.29, 0.717) is 27.9 Å². The van der Waals surface area contributed by atoms with Gasteiger partial charge in [-0.25, -0.2) is 9.78 Å². The van der Waals surface area contributed by atoms with Crippen LogP contribution in [0.15, 0.2) is 60.7 Å². The Kier molecular flexibility index (Phi) is 6.82. The largest absolute Gasteiger partial charge is 0.495 e. The van der Waals surface area contributed by atoms with Gasteiger partial charge in [-0.3, -0.25) is 0 Å². The lowest BCUT2D eigenvalue weighted by Gasteiger charge is -2.15. The number of fused-ring (bicyclic) bond motifs is 1. The number of halogens is 3. The maximum atomic E-state index is 12.8. The lowest BCUT2D eigenvalue weighted by molar-refractivity contribution is -0.127. The number of rotatable bonds is 6. The van der Waals surface area contributed by atoms with Gasteiger partial charge in [0.2, 0.25) is 11.8 Å². The number of urea groups is 1. The maximum absolute atomic E-state index is 12.8. The molecule has 4 N–H and O–H groups in total. The van der Waals surface area contributed by atoms with Gasteiger partial charge in [0.05, 0.1) is 24.9 Å². The summed E-state index contributed by atoms with van der Waals surface area (Å²) < 4.78 is 49.5. The highest BCUT2D eigenvalue weighted by atomic mass is 19.4. The van der Waals surface area contributed by atoms with Crippen LogP contribution in [0.25, 0.3) is 10.8 Å². The molecule has 0 bridgehead atoms. The van der Waals surface area contributed by atoms with Crippen LogP contribution in [0.2, 0.25) is 0 Å². The Morgan fingerprint density at radius 3 is 2.33 bits per heavy atom. The van der Waals surface area contributed by atoms with E-state index in [1.807, 2.05) is 12.1 Å². The smallest absolute Gasteiger partial charge is 0.393 e. The van der Waals surface area contributed by atoms with Crippen LogP contribution < -0.4 is 25.8 Å². The fraction of sp³-hybridized carbons (Fsp3) is 0.160. The van der Waals surface area contributed by atoms with Crippen LogP contribution in [0.4, 0.5) is 35.3 Å². The first kappa shape index (κ1) is 24.6. The first-order chi connectivity index (χ1) is 17.1. The summed E-state index contributed by atoms with van der Waals surface area (Å²) in [6.45, 7) is 1.77. The van der Waals surface area contributed by atoms with Crippen LogP contribution in [0, 0.1) is 6.92 Å². The molecule has 0 aliphatic carbocycles. The molecule has 0 aliphatic rings. The summed E-state index contributed by atoms with van der Waals surface area (Å²) in [5.41, 5.74) is 6.91. The number of alkyl halides is 3. The van der Waals surface area contributed by atoms with E-state index in [-0.39, 0.29) is 28.8 Å². The lowest BCUT2D eigenvalue weighted by Crippen LogP contribution is -2.20. The van der Waals surface area contributed by atoms with Crippen LogP contribution in [-0.2, 0) is 6.42 Å². The number of nitrogen functional groups attached to an aromatic ring is 1. The monoisotopic (exact) mass is 497 g/mol. The SMILES string of the molecule is COc1ccc(CC(F)(F)F)cc1NC(=O)Nc1ccc(Oc2cc(C)nc(N)n2)c2ccccc12. The highest BCUT2D eigenvalue weighted by molar-refractivity contribution is 6.08. The lowest BCUT2D eigenvalue weighted by atomic mass is 10.1. The molecule has 2 amide bonds. The van der Waals surface area contributed by atoms with Crippen molar-refractivity contribution in [3.63, 3.8) is 0 Å². The number of anilines is 3. The molecule has 8 nitrogen and oxygen atoms in total.